The van der Waals surface area contributed by atoms with Gasteiger partial charge in [-0.15, -0.1) is 11.3 Å². The van der Waals surface area contributed by atoms with E-state index in [1.54, 1.807) is 13.2 Å². The van der Waals surface area contributed by atoms with Crippen LogP contribution in [0.25, 0.3) is 21.5 Å². The number of thiazole rings is 1. The van der Waals surface area contributed by atoms with Crippen LogP contribution in [0.1, 0.15) is 15.5 Å². The molecule has 4 rings (SSSR count). The van der Waals surface area contributed by atoms with Gasteiger partial charge in [0.25, 0.3) is 0 Å². The molecule has 7 heteroatoms. The van der Waals surface area contributed by atoms with Crippen LogP contribution in [-0.2, 0) is 11.3 Å². The van der Waals surface area contributed by atoms with E-state index in [-0.39, 0.29) is 6.61 Å². The van der Waals surface area contributed by atoms with Crippen LogP contribution >= 0.6 is 11.3 Å². The van der Waals surface area contributed by atoms with Crippen molar-refractivity contribution in [1.29, 1.82) is 0 Å². The second kappa shape index (κ2) is 6.97. The number of hydrogen-bond donors (Lipinski definition) is 0. The number of ether oxygens (including phenoxy) is 2. The molecule has 0 aliphatic rings. The monoisotopic (exact) mass is 366 g/mol. The van der Waals surface area contributed by atoms with Gasteiger partial charge in [0.2, 0.25) is 5.01 Å². The molecule has 0 radical (unpaired) electrons. The number of nitrogens with zero attached hydrogens (tertiary/aromatic N) is 2. The van der Waals surface area contributed by atoms with Gasteiger partial charge in [0.15, 0.2) is 5.76 Å². The molecular formula is C19H14N2O4S. The third-order valence-electron chi connectivity index (χ3n) is 3.75. The van der Waals surface area contributed by atoms with Gasteiger partial charge in [-0.2, -0.15) is 0 Å². The van der Waals surface area contributed by atoms with Crippen molar-refractivity contribution in [2.75, 3.05) is 7.11 Å². The van der Waals surface area contributed by atoms with Gasteiger partial charge in [-0.05, 0) is 36.4 Å². The van der Waals surface area contributed by atoms with Crippen molar-refractivity contribution in [2.45, 2.75) is 6.61 Å². The van der Waals surface area contributed by atoms with Crippen molar-refractivity contribution in [1.82, 2.24) is 10.1 Å². The molecule has 0 atom stereocenters. The minimum absolute atomic E-state index is 0.0222. The number of methoxy groups -OCH3 is 1. The maximum Gasteiger partial charge on any atom is 0.367 e. The van der Waals surface area contributed by atoms with Crippen molar-refractivity contribution in [3.8, 4) is 17.1 Å². The van der Waals surface area contributed by atoms with Gasteiger partial charge >= 0.3 is 5.97 Å². The van der Waals surface area contributed by atoms with E-state index in [4.69, 9.17) is 14.0 Å². The first-order chi connectivity index (χ1) is 12.7. The third-order valence-corrected chi connectivity index (χ3v) is 4.77. The normalized spacial score (nSPS) is 10.8. The standard InChI is InChI=1S/C19H14N2O4S/c1-23-14-8-6-12(7-9-14)16-10-13(21-25-16)11-24-19(22)18-20-15-4-2-3-5-17(15)26-18/h2-10H,11H2,1H3. The first kappa shape index (κ1) is 16.3. The topological polar surface area (TPSA) is 74.5 Å². The highest BCUT2D eigenvalue weighted by atomic mass is 32.1. The summed E-state index contributed by atoms with van der Waals surface area (Å²) in [5, 5.41) is 4.27. The number of hydrogen-bond acceptors (Lipinski definition) is 7. The van der Waals surface area contributed by atoms with Crippen LogP contribution in [0.2, 0.25) is 0 Å². The first-order valence-electron chi connectivity index (χ1n) is 7.85. The van der Waals surface area contributed by atoms with E-state index < -0.39 is 5.97 Å². The summed E-state index contributed by atoms with van der Waals surface area (Å²) >= 11 is 1.30. The number of fused-ring (bicyclic) bond motifs is 1. The van der Waals surface area contributed by atoms with Crippen LogP contribution < -0.4 is 4.74 Å². The number of aromatic nitrogens is 2. The molecule has 0 fully saturated rings. The minimum Gasteiger partial charge on any atom is -0.497 e. The van der Waals surface area contributed by atoms with Gasteiger partial charge < -0.3 is 14.0 Å². The Labute approximate surface area is 153 Å². The zero-order chi connectivity index (χ0) is 17.9. The molecule has 4 aromatic rings. The van der Waals surface area contributed by atoms with Crippen LogP contribution in [0, 0.1) is 0 Å². The molecule has 2 aromatic heterocycles. The van der Waals surface area contributed by atoms with Gasteiger partial charge in [-0.25, -0.2) is 9.78 Å². The smallest absolute Gasteiger partial charge is 0.367 e. The summed E-state index contributed by atoms with van der Waals surface area (Å²) in [5.41, 5.74) is 2.18. The Morgan fingerprint density at radius 3 is 2.73 bits per heavy atom. The predicted octanol–water partition coefficient (Wildman–Crippen LogP) is 4.32. The van der Waals surface area contributed by atoms with E-state index in [0.717, 1.165) is 21.5 Å². The minimum atomic E-state index is -0.472. The molecule has 0 aliphatic carbocycles. The van der Waals surface area contributed by atoms with Crippen LogP contribution in [0.3, 0.4) is 0 Å². The number of para-hydroxylation sites is 1. The second-order valence-corrected chi connectivity index (χ2v) is 6.50. The molecule has 0 saturated carbocycles. The van der Waals surface area contributed by atoms with Crippen molar-refractivity contribution in [3.63, 3.8) is 0 Å². The van der Waals surface area contributed by atoms with E-state index in [0.29, 0.717) is 16.5 Å². The molecule has 2 heterocycles. The molecule has 0 unspecified atom stereocenters. The van der Waals surface area contributed by atoms with Gasteiger partial charge in [-0.3, -0.25) is 0 Å². The third kappa shape index (κ3) is 3.29. The van der Waals surface area contributed by atoms with Crippen LogP contribution in [0.4, 0.5) is 0 Å². The summed E-state index contributed by atoms with van der Waals surface area (Å²) in [6.45, 7) is 0.0222. The predicted molar refractivity (Wildman–Crippen MR) is 97.2 cm³/mol. The maximum atomic E-state index is 12.2. The molecule has 0 N–H and O–H groups in total. The number of carbonyl (C=O) groups excluding carboxylic acids is 1. The van der Waals surface area contributed by atoms with E-state index >= 15 is 0 Å². The number of esters is 1. The fourth-order valence-corrected chi connectivity index (χ4v) is 3.29. The van der Waals surface area contributed by atoms with E-state index in [2.05, 4.69) is 10.1 Å². The largest absolute Gasteiger partial charge is 0.497 e. The van der Waals surface area contributed by atoms with Crippen molar-refractivity contribution in [3.05, 3.63) is 65.3 Å². The quantitative estimate of drug-likeness (QED) is 0.490. The summed E-state index contributed by atoms with van der Waals surface area (Å²) in [7, 11) is 1.61. The van der Waals surface area contributed by atoms with Gasteiger partial charge in [0.1, 0.15) is 18.1 Å². The lowest BCUT2D eigenvalue weighted by Gasteiger charge is -1.99. The molecule has 6 nitrogen and oxygen atoms in total. The SMILES string of the molecule is COc1ccc(-c2cc(COC(=O)c3nc4ccccc4s3)no2)cc1. The summed E-state index contributed by atoms with van der Waals surface area (Å²) in [6.07, 6.45) is 0. The van der Waals surface area contributed by atoms with E-state index in [9.17, 15) is 4.79 Å². The summed E-state index contributed by atoms with van der Waals surface area (Å²) in [4.78, 5) is 16.5. The number of carbonyl (C=O) groups is 1. The molecule has 0 amide bonds. The van der Waals surface area contributed by atoms with E-state index in [1.807, 2.05) is 48.5 Å². The molecule has 0 saturated heterocycles. The highest BCUT2D eigenvalue weighted by Gasteiger charge is 2.15. The Bertz CT molecular complexity index is 1020. The lowest BCUT2D eigenvalue weighted by atomic mass is 10.1. The molecule has 2 aromatic carbocycles. The zero-order valence-corrected chi connectivity index (χ0v) is 14.7. The number of benzene rings is 2. The Kier molecular flexibility index (Phi) is 4.37. The van der Waals surface area contributed by atoms with Gasteiger partial charge in [0.05, 0.1) is 17.3 Å². The Balaban J connectivity index is 1.43. The molecule has 0 bridgehead atoms. The fourth-order valence-electron chi connectivity index (χ4n) is 2.43. The highest BCUT2D eigenvalue weighted by Crippen LogP contribution is 2.24. The van der Waals surface area contributed by atoms with Gasteiger partial charge in [0, 0.05) is 11.6 Å². The zero-order valence-electron chi connectivity index (χ0n) is 13.8. The summed E-state index contributed by atoms with van der Waals surface area (Å²) in [6, 6.07) is 16.7. The second-order valence-electron chi connectivity index (χ2n) is 5.47. The molecule has 130 valence electrons. The van der Waals surface area contributed by atoms with Crippen molar-refractivity contribution >= 4 is 27.5 Å². The highest BCUT2D eigenvalue weighted by molar-refractivity contribution is 7.20. The average Bonchev–Trinajstić information content (AvgIpc) is 3.33. The fraction of sp³-hybridized carbons (Fsp3) is 0.105. The first-order valence-corrected chi connectivity index (χ1v) is 8.67. The summed E-state index contributed by atoms with van der Waals surface area (Å²) < 4.78 is 16.7. The molecule has 0 spiro atoms. The van der Waals surface area contributed by atoms with Crippen molar-refractivity contribution in [2.24, 2.45) is 0 Å². The van der Waals surface area contributed by atoms with Crippen LogP contribution in [-0.4, -0.2) is 23.2 Å². The maximum absolute atomic E-state index is 12.2. The Hall–Kier alpha value is -3.19. The van der Waals surface area contributed by atoms with Crippen LogP contribution in [0.15, 0.2) is 59.1 Å². The molecular weight excluding hydrogens is 352 g/mol. The van der Waals surface area contributed by atoms with Gasteiger partial charge in [-0.1, -0.05) is 17.3 Å². The lowest BCUT2D eigenvalue weighted by Crippen LogP contribution is -2.04. The molecule has 0 aliphatic heterocycles. The average molecular weight is 366 g/mol. The lowest BCUT2D eigenvalue weighted by molar-refractivity contribution is 0.0464. The number of rotatable bonds is 5. The Morgan fingerprint density at radius 1 is 1.15 bits per heavy atom. The van der Waals surface area contributed by atoms with Crippen LogP contribution in [0.5, 0.6) is 5.75 Å². The Morgan fingerprint density at radius 2 is 1.96 bits per heavy atom. The molecule has 26 heavy (non-hydrogen) atoms. The summed E-state index contributed by atoms with van der Waals surface area (Å²) in [5.74, 6) is 0.886. The van der Waals surface area contributed by atoms with E-state index in [1.165, 1.54) is 11.3 Å². The van der Waals surface area contributed by atoms with Crippen molar-refractivity contribution < 1.29 is 18.8 Å².